The van der Waals surface area contributed by atoms with E-state index in [1.165, 1.54) is 36.0 Å². The Labute approximate surface area is 135 Å². The van der Waals surface area contributed by atoms with Gasteiger partial charge in [-0.1, -0.05) is 18.2 Å². The van der Waals surface area contributed by atoms with Gasteiger partial charge in [-0.25, -0.2) is 0 Å². The average Bonchev–Trinajstić information content (AvgIpc) is 2.54. The molecule has 0 aliphatic heterocycles. The van der Waals surface area contributed by atoms with Crippen LogP contribution < -0.4 is 10.9 Å². The summed E-state index contributed by atoms with van der Waals surface area (Å²) < 4.78 is 40.0. The number of aliphatic hydroxyl groups excluding tert-OH is 1. The first kappa shape index (κ1) is 17.7. The normalized spacial score (nSPS) is 12.7. The standard InChI is InChI=1S/C16H15F3N2O3/c1-21-7-6-10(8-14(21)23)15(24)20-9-13(22)11-4-2-3-5-12(11)16(17,18)19/h2-8,13,22H,9H2,1H3,(H,20,24). The van der Waals surface area contributed by atoms with Crippen molar-refractivity contribution in [3.8, 4) is 0 Å². The molecule has 1 atom stereocenters. The Morgan fingerprint density at radius 2 is 1.96 bits per heavy atom. The zero-order chi connectivity index (χ0) is 17.9. The topological polar surface area (TPSA) is 71.3 Å². The quantitative estimate of drug-likeness (QED) is 0.893. The van der Waals surface area contributed by atoms with Crippen LogP contribution >= 0.6 is 0 Å². The monoisotopic (exact) mass is 340 g/mol. The maximum Gasteiger partial charge on any atom is 0.416 e. The number of rotatable bonds is 4. The second-order valence-electron chi connectivity index (χ2n) is 5.18. The first-order valence-electron chi connectivity index (χ1n) is 6.99. The van der Waals surface area contributed by atoms with Gasteiger partial charge >= 0.3 is 6.18 Å². The summed E-state index contributed by atoms with van der Waals surface area (Å²) in [5.74, 6) is -0.656. The molecule has 8 heteroatoms. The fourth-order valence-electron chi connectivity index (χ4n) is 2.14. The number of hydrogen-bond acceptors (Lipinski definition) is 3. The van der Waals surface area contributed by atoms with E-state index in [2.05, 4.69) is 5.32 Å². The molecule has 128 valence electrons. The van der Waals surface area contributed by atoms with Gasteiger partial charge in [-0.3, -0.25) is 9.59 Å². The first-order chi connectivity index (χ1) is 11.2. The third-order valence-corrected chi connectivity index (χ3v) is 3.45. The second kappa shape index (κ2) is 6.88. The number of pyridine rings is 1. The number of hydrogen-bond donors (Lipinski definition) is 2. The number of amides is 1. The van der Waals surface area contributed by atoms with Crippen molar-refractivity contribution in [1.29, 1.82) is 0 Å². The summed E-state index contributed by atoms with van der Waals surface area (Å²) in [5.41, 5.74) is -1.62. The predicted molar refractivity (Wildman–Crippen MR) is 80.4 cm³/mol. The van der Waals surface area contributed by atoms with E-state index in [4.69, 9.17) is 0 Å². The van der Waals surface area contributed by atoms with Gasteiger partial charge in [0.05, 0.1) is 11.7 Å². The van der Waals surface area contributed by atoms with E-state index in [-0.39, 0.29) is 11.1 Å². The molecule has 1 aromatic carbocycles. The Morgan fingerprint density at radius 3 is 2.58 bits per heavy atom. The van der Waals surface area contributed by atoms with Crippen molar-refractivity contribution in [1.82, 2.24) is 9.88 Å². The van der Waals surface area contributed by atoms with Crippen LogP contribution in [0.5, 0.6) is 0 Å². The van der Waals surface area contributed by atoms with Crippen molar-refractivity contribution in [3.05, 3.63) is 69.6 Å². The zero-order valence-corrected chi connectivity index (χ0v) is 12.7. The van der Waals surface area contributed by atoms with Gasteiger partial charge in [0.1, 0.15) is 0 Å². The van der Waals surface area contributed by atoms with Crippen LogP contribution in [0.15, 0.2) is 47.4 Å². The molecule has 2 rings (SSSR count). The largest absolute Gasteiger partial charge is 0.416 e. The van der Waals surface area contributed by atoms with Crippen LogP contribution in [0.1, 0.15) is 27.6 Å². The fraction of sp³-hybridized carbons (Fsp3) is 0.250. The van der Waals surface area contributed by atoms with Crippen molar-refractivity contribution >= 4 is 5.91 Å². The number of carbonyl (C=O) groups excluding carboxylic acids is 1. The van der Waals surface area contributed by atoms with Gasteiger partial charge < -0.3 is 15.0 Å². The lowest BCUT2D eigenvalue weighted by atomic mass is 10.0. The van der Waals surface area contributed by atoms with Gasteiger partial charge in [0.25, 0.3) is 11.5 Å². The minimum Gasteiger partial charge on any atom is -0.387 e. The number of halogens is 3. The molecule has 2 aromatic rings. The Bertz CT molecular complexity index is 800. The van der Waals surface area contributed by atoms with Crippen molar-refractivity contribution in [3.63, 3.8) is 0 Å². The summed E-state index contributed by atoms with van der Waals surface area (Å²) in [6.07, 6.45) is -4.74. The molecule has 1 amide bonds. The van der Waals surface area contributed by atoms with Gasteiger partial charge in [0.15, 0.2) is 0 Å². The minimum absolute atomic E-state index is 0.0643. The lowest BCUT2D eigenvalue weighted by Gasteiger charge is -2.18. The molecule has 2 N–H and O–H groups in total. The van der Waals surface area contributed by atoms with Crippen molar-refractivity contribution < 1.29 is 23.1 Å². The molecular formula is C16H15F3N2O3. The molecule has 0 saturated carbocycles. The number of nitrogens with zero attached hydrogens (tertiary/aromatic N) is 1. The summed E-state index contributed by atoms with van der Waals surface area (Å²) in [7, 11) is 1.52. The van der Waals surface area contributed by atoms with Crippen LogP contribution in [0.2, 0.25) is 0 Å². The van der Waals surface area contributed by atoms with E-state index in [0.29, 0.717) is 0 Å². The van der Waals surface area contributed by atoms with Gasteiger partial charge in [-0.05, 0) is 17.7 Å². The van der Waals surface area contributed by atoms with Crippen molar-refractivity contribution in [2.45, 2.75) is 12.3 Å². The maximum absolute atomic E-state index is 12.9. The summed E-state index contributed by atoms with van der Waals surface area (Å²) >= 11 is 0. The highest BCUT2D eigenvalue weighted by molar-refractivity contribution is 5.93. The average molecular weight is 340 g/mol. The van der Waals surface area contributed by atoms with E-state index < -0.39 is 35.9 Å². The van der Waals surface area contributed by atoms with Crippen molar-refractivity contribution in [2.75, 3.05) is 6.54 Å². The number of carbonyl (C=O) groups is 1. The fourth-order valence-corrected chi connectivity index (χ4v) is 2.14. The number of aryl methyl sites for hydroxylation is 1. The highest BCUT2D eigenvalue weighted by atomic mass is 19.4. The molecule has 0 bridgehead atoms. The van der Waals surface area contributed by atoms with Crippen LogP contribution in [-0.4, -0.2) is 22.1 Å². The van der Waals surface area contributed by atoms with Gasteiger partial charge in [-0.15, -0.1) is 0 Å². The molecule has 1 aromatic heterocycles. The molecular weight excluding hydrogens is 325 g/mol. The summed E-state index contributed by atoms with van der Waals surface area (Å²) in [5, 5.41) is 12.3. The van der Waals surface area contributed by atoms with Crippen LogP contribution in [0.25, 0.3) is 0 Å². The summed E-state index contributed by atoms with van der Waals surface area (Å²) in [6, 6.07) is 7.10. The van der Waals surface area contributed by atoms with Crippen molar-refractivity contribution in [2.24, 2.45) is 7.05 Å². The summed E-state index contributed by atoms with van der Waals surface area (Å²) in [6.45, 7) is -0.416. The van der Waals surface area contributed by atoms with Crippen LogP contribution in [0, 0.1) is 0 Å². The van der Waals surface area contributed by atoms with E-state index in [1.54, 1.807) is 0 Å². The Morgan fingerprint density at radius 1 is 1.29 bits per heavy atom. The number of alkyl halides is 3. The van der Waals surface area contributed by atoms with Crippen LogP contribution in [0.3, 0.4) is 0 Å². The second-order valence-corrected chi connectivity index (χ2v) is 5.18. The van der Waals surface area contributed by atoms with E-state index in [1.807, 2.05) is 0 Å². The molecule has 0 fully saturated rings. The van der Waals surface area contributed by atoms with Gasteiger partial charge in [0.2, 0.25) is 0 Å². The highest BCUT2D eigenvalue weighted by Crippen LogP contribution is 2.34. The molecule has 1 heterocycles. The number of nitrogens with one attached hydrogen (secondary N) is 1. The maximum atomic E-state index is 12.9. The SMILES string of the molecule is Cn1ccc(C(=O)NCC(O)c2ccccc2C(F)(F)F)cc1=O. The van der Waals surface area contributed by atoms with Gasteiger partial charge in [0, 0.05) is 31.4 Å². The molecule has 0 aliphatic carbocycles. The smallest absolute Gasteiger partial charge is 0.387 e. The minimum atomic E-state index is -4.60. The van der Waals surface area contributed by atoms with Gasteiger partial charge in [-0.2, -0.15) is 13.2 Å². The lowest BCUT2D eigenvalue weighted by molar-refractivity contribution is -0.139. The highest BCUT2D eigenvalue weighted by Gasteiger charge is 2.34. The molecule has 5 nitrogen and oxygen atoms in total. The number of benzene rings is 1. The Hall–Kier alpha value is -2.61. The van der Waals surface area contributed by atoms with E-state index >= 15 is 0 Å². The first-order valence-corrected chi connectivity index (χ1v) is 6.99. The Balaban J connectivity index is 2.11. The Kier molecular flexibility index (Phi) is 5.08. The molecule has 24 heavy (non-hydrogen) atoms. The lowest BCUT2D eigenvalue weighted by Crippen LogP contribution is -2.30. The third kappa shape index (κ3) is 4.02. The molecule has 0 aliphatic rings. The van der Waals surface area contributed by atoms with E-state index in [0.717, 1.165) is 18.2 Å². The molecule has 0 spiro atoms. The predicted octanol–water partition coefficient (Wildman–Crippen LogP) is 1.87. The van der Waals surface area contributed by atoms with E-state index in [9.17, 15) is 27.9 Å². The van der Waals surface area contributed by atoms with Crippen LogP contribution in [-0.2, 0) is 13.2 Å². The zero-order valence-electron chi connectivity index (χ0n) is 12.7. The number of aromatic nitrogens is 1. The summed E-state index contributed by atoms with van der Waals surface area (Å²) in [4.78, 5) is 23.4. The number of aliphatic hydroxyl groups is 1. The molecule has 0 radical (unpaired) electrons. The molecule has 0 saturated heterocycles. The third-order valence-electron chi connectivity index (χ3n) is 3.45. The van der Waals surface area contributed by atoms with Crippen LogP contribution in [0.4, 0.5) is 13.2 Å². The molecule has 1 unspecified atom stereocenters.